The van der Waals surface area contributed by atoms with Crippen LogP contribution < -0.4 is 20.9 Å². The van der Waals surface area contributed by atoms with Gasteiger partial charge in [0, 0.05) is 81.1 Å². The van der Waals surface area contributed by atoms with Gasteiger partial charge in [-0.2, -0.15) is 0 Å². The van der Waals surface area contributed by atoms with E-state index in [1.165, 1.54) is 12.7 Å². The zero-order valence-corrected chi connectivity index (χ0v) is 35.9. The Morgan fingerprint density at radius 2 is 1.05 bits per heavy atom. The summed E-state index contributed by atoms with van der Waals surface area (Å²) in [6.07, 6.45) is 10.5. The van der Waals surface area contributed by atoms with Crippen LogP contribution in [-0.2, 0) is 20.6 Å². The highest BCUT2D eigenvalue weighted by Crippen LogP contribution is 2.53. The molecule has 2 spiro atoms. The van der Waals surface area contributed by atoms with Crippen molar-refractivity contribution in [1.29, 1.82) is 0 Å². The SMILES string of the molecule is CC(C)(C)C#Cc1ccc2c(c1)[C@]1(COC(N)=N1)c1cc(-c3cncnc3)ccc1O2.CC(C)(C)CC(=O)c1ccc2c(c1)[C@]1(COC(N)=N1)c1cc(-c3cncnc3)ccc1O2. The summed E-state index contributed by atoms with van der Waals surface area (Å²) in [4.78, 5) is 38.9. The van der Waals surface area contributed by atoms with Crippen LogP contribution in [0.15, 0.2) is 120 Å². The van der Waals surface area contributed by atoms with Crippen molar-refractivity contribution < 1.29 is 23.7 Å². The molecule has 10 rings (SSSR count). The predicted molar refractivity (Wildman–Crippen MR) is 239 cm³/mol. The summed E-state index contributed by atoms with van der Waals surface area (Å²) in [6, 6.07) is 23.6. The summed E-state index contributed by atoms with van der Waals surface area (Å²) in [5.74, 6) is 9.40. The Labute approximate surface area is 365 Å². The maximum atomic E-state index is 13.0. The number of aromatic nitrogens is 4. The minimum atomic E-state index is -0.892. The second-order valence-corrected chi connectivity index (χ2v) is 18.2. The number of hydrogen-bond acceptors (Lipinski definition) is 13. The average Bonchev–Trinajstić information content (AvgIpc) is 3.86. The molecule has 4 aliphatic heterocycles. The summed E-state index contributed by atoms with van der Waals surface area (Å²) in [6.45, 7) is 12.9. The lowest BCUT2D eigenvalue weighted by molar-refractivity contribution is 0.0939. The molecule has 13 heteroatoms. The summed E-state index contributed by atoms with van der Waals surface area (Å²) in [5, 5.41) is 0. The second-order valence-electron chi connectivity index (χ2n) is 18.2. The van der Waals surface area contributed by atoms with Crippen LogP contribution in [0.3, 0.4) is 0 Å². The fourth-order valence-electron chi connectivity index (χ4n) is 8.06. The Morgan fingerprint density at radius 1 is 0.603 bits per heavy atom. The molecule has 0 fully saturated rings. The van der Waals surface area contributed by atoms with E-state index >= 15 is 0 Å². The first-order chi connectivity index (χ1) is 30.1. The molecule has 0 saturated carbocycles. The number of ketones is 1. The number of fused-ring (bicyclic) bond motifs is 8. The fourth-order valence-corrected chi connectivity index (χ4v) is 8.06. The number of carbonyl (C=O) groups is 1. The van der Waals surface area contributed by atoms with Gasteiger partial charge in [-0.15, -0.1) is 0 Å². The van der Waals surface area contributed by atoms with Crippen LogP contribution in [0.2, 0.25) is 0 Å². The highest BCUT2D eigenvalue weighted by atomic mass is 16.5. The largest absolute Gasteiger partial charge is 0.462 e. The Bertz CT molecular complexity index is 2910. The van der Waals surface area contributed by atoms with Gasteiger partial charge >= 0.3 is 0 Å². The Morgan fingerprint density at radius 3 is 1.49 bits per heavy atom. The molecule has 6 aromatic rings. The molecule has 13 nitrogen and oxygen atoms in total. The smallest absolute Gasteiger partial charge is 0.283 e. The van der Waals surface area contributed by atoms with E-state index in [-0.39, 0.29) is 35.3 Å². The van der Waals surface area contributed by atoms with Crippen molar-refractivity contribution in [3.63, 3.8) is 0 Å². The normalized spacial score (nSPS) is 18.8. The third-order valence-corrected chi connectivity index (χ3v) is 11.0. The Hall–Kier alpha value is -7.59. The monoisotopic (exact) mass is 838 g/mol. The van der Waals surface area contributed by atoms with Crippen LogP contribution in [0.25, 0.3) is 22.3 Å². The molecule has 2 aromatic heterocycles. The number of rotatable bonds is 4. The van der Waals surface area contributed by atoms with Crippen LogP contribution >= 0.6 is 0 Å². The van der Waals surface area contributed by atoms with Crippen molar-refractivity contribution in [1.82, 2.24) is 19.9 Å². The first-order valence-electron chi connectivity index (χ1n) is 20.6. The fraction of sp³-hybridized carbons (Fsp3) is 0.260. The molecule has 6 heterocycles. The summed E-state index contributed by atoms with van der Waals surface area (Å²) in [7, 11) is 0. The number of aliphatic imine (C=N–C) groups is 2. The Kier molecular flexibility index (Phi) is 9.97. The van der Waals surface area contributed by atoms with Crippen molar-refractivity contribution in [2.24, 2.45) is 32.3 Å². The van der Waals surface area contributed by atoms with E-state index < -0.39 is 11.1 Å². The average molecular weight is 839 g/mol. The van der Waals surface area contributed by atoms with Gasteiger partial charge in [-0.25, -0.2) is 29.9 Å². The standard InChI is InChI=1S/C25H24N4O3.C25H22N4O2/c1-24(2,3)10-20(30)16-5-7-22-19(9-16)25(13-31-23(26)29-25)18-8-15(4-6-21(18)32-22)17-11-27-14-28-12-17;1-24(2,3)9-8-16-4-6-21-19(10-16)25(14-30-23(26)29-25)20-11-17(5-7-22(20)31-21)18-12-27-15-28-13-18/h4-9,11-12,14H,10,13H2,1-3H3,(H2,26,29);4-7,10-13,15H,14H2,1-3H3,(H2,26,29)/t2*25-/m01/s1. The molecule has 0 unspecified atom stereocenters. The summed E-state index contributed by atoms with van der Waals surface area (Å²) >= 11 is 0. The van der Waals surface area contributed by atoms with Gasteiger partial charge in [0.15, 0.2) is 16.9 Å². The molecule has 316 valence electrons. The molecular weight excluding hydrogens is 793 g/mol. The molecule has 4 N–H and O–H groups in total. The number of Topliss-reactive ketones (excluding diaryl/α,β-unsaturated/α-hetero) is 1. The quantitative estimate of drug-likeness (QED) is 0.128. The van der Waals surface area contributed by atoms with E-state index in [4.69, 9.17) is 40.4 Å². The number of nitrogens with two attached hydrogens (primary N) is 2. The molecule has 0 amide bonds. The maximum Gasteiger partial charge on any atom is 0.283 e. The molecule has 4 aromatic carbocycles. The zero-order valence-electron chi connectivity index (χ0n) is 35.9. The van der Waals surface area contributed by atoms with Crippen LogP contribution in [-0.4, -0.2) is 51.0 Å². The van der Waals surface area contributed by atoms with Gasteiger partial charge in [0.05, 0.1) is 0 Å². The van der Waals surface area contributed by atoms with Gasteiger partial charge in [-0.3, -0.25) is 4.79 Å². The molecule has 0 radical (unpaired) electrons. The number of hydrogen-bond donors (Lipinski definition) is 2. The number of ether oxygens (including phenoxy) is 4. The lowest BCUT2D eigenvalue weighted by Gasteiger charge is -2.34. The van der Waals surface area contributed by atoms with E-state index in [0.717, 1.165) is 61.6 Å². The third kappa shape index (κ3) is 7.92. The van der Waals surface area contributed by atoms with Gasteiger partial charge in [0.1, 0.15) is 48.9 Å². The molecule has 63 heavy (non-hydrogen) atoms. The highest BCUT2D eigenvalue weighted by Gasteiger charge is 2.48. The zero-order chi connectivity index (χ0) is 44.1. The number of benzene rings is 4. The van der Waals surface area contributed by atoms with Gasteiger partial charge in [0.2, 0.25) is 0 Å². The van der Waals surface area contributed by atoms with E-state index in [0.29, 0.717) is 30.1 Å². The Balaban J connectivity index is 0.000000160. The number of carbonyl (C=O) groups excluding carboxylic acids is 1. The number of amidine groups is 2. The second kappa shape index (κ2) is 15.4. The van der Waals surface area contributed by atoms with Gasteiger partial charge in [0.25, 0.3) is 12.0 Å². The molecule has 0 bridgehead atoms. The van der Waals surface area contributed by atoms with Gasteiger partial charge in [-0.05, 0) is 98.0 Å². The maximum absolute atomic E-state index is 13.0. The minimum Gasteiger partial charge on any atom is -0.462 e. The van der Waals surface area contributed by atoms with E-state index in [1.54, 1.807) is 24.8 Å². The first-order valence-corrected chi connectivity index (χ1v) is 20.6. The van der Waals surface area contributed by atoms with E-state index in [2.05, 4.69) is 79.4 Å². The molecular formula is C50H46N8O5. The molecule has 0 aliphatic carbocycles. The van der Waals surface area contributed by atoms with E-state index in [1.807, 2.05) is 66.7 Å². The summed E-state index contributed by atoms with van der Waals surface area (Å²) in [5.41, 5.74) is 18.7. The molecule has 2 atom stereocenters. The third-order valence-electron chi connectivity index (χ3n) is 11.0. The van der Waals surface area contributed by atoms with Gasteiger partial charge < -0.3 is 30.4 Å². The van der Waals surface area contributed by atoms with Crippen molar-refractivity contribution >= 4 is 17.8 Å². The van der Waals surface area contributed by atoms with Crippen molar-refractivity contribution in [2.75, 3.05) is 13.2 Å². The molecule has 4 aliphatic rings. The van der Waals surface area contributed by atoms with Crippen molar-refractivity contribution in [2.45, 2.75) is 59.0 Å². The predicted octanol–water partition coefficient (Wildman–Crippen LogP) is 8.69. The van der Waals surface area contributed by atoms with Crippen LogP contribution in [0.5, 0.6) is 23.0 Å². The van der Waals surface area contributed by atoms with Crippen molar-refractivity contribution in [3.8, 4) is 57.1 Å². The topological polar surface area (TPSA) is 182 Å². The lowest BCUT2D eigenvalue weighted by Crippen LogP contribution is -2.31. The van der Waals surface area contributed by atoms with Crippen LogP contribution in [0.4, 0.5) is 0 Å². The first kappa shape index (κ1) is 40.8. The highest BCUT2D eigenvalue weighted by molar-refractivity contribution is 5.97. The number of nitrogens with zero attached hydrogens (tertiary/aromatic N) is 6. The van der Waals surface area contributed by atoms with Crippen molar-refractivity contribution in [3.05, 3.63) is 144 Å². The van der Waals surface area contributed by atoms with Gasteiger partial charge in [-0.1, -0.05) is 44.7 Å². The lowest BCUT2D eigenvalue weighted by atomic mass is 9.79. The summed E-state index contributed by atoms with van der Waals surface area (Å²) < 4.78 is 23.8. The molecule has 0 saturated heterocycles. The minimum absolute atomic E-state index is 0.0762. The van der Waals surface area contributed by atoms with E-state index in [9.17, 15) is 4.79 Å². The van der Waals surface area contributed by atoms with Crippen LogP contribution in [0, 0.1) is 22.7 Å². The van der Waals surface area contributed by atoms with Crippen LogP contribution in [0.1, 0.15) is 86.1 Å².